The van der Waals surface area contributed by atoms with Gasteiger partial charge in [-0.05, 0) is 35.4 Å². The van der Waals surface area contributed by atoms with Gasteiger partial charge < -0.3 is 15.0 Å². The Morgan fingerprint density at radius 2 is 1.96 bits per heavy atom. The van der Waals surface area contributed by atoms with Gasteiger partial charge in [-0.1, -0.05) is 32.9 Å². The number of ether oxygens (including phenoxy) is 1. The molecule has 0 spiro atoms. The molecule has 1 aromatic rings. The third kappa shape index (κ3) is 5.45. The van der Waals surface area contributed by atoms with Crippen LogP contribution < -0.4 is 10.2 Å². The Balaban J connectivity index is 1.76. The first kappa shape index (κ1) is 20.2. The van der Waals surface area contributed by atoms with Gasteiger partial charge in [0.1, 0.15) is 0 Å². The number of benzene rings is 1. The fourth-order valence-corrected chi connectivity index (χ4v) is 4.11. The summed E-state index contributed by atoms with van der Waals surface area (Å²) in [7, 11) is 2.17. The Bertz CT molecular complexity index is 647. The number of nitrogens with one attached hydrogen (secondary N) is 1. The van der Waals surface area contributed by atoms with Gasteiger partial charge >= 0.3 is 0 Å². The summed E-state index contributed by atoms with van der Waals surface area (Å²) in [6, 6.07) is 7.07. The summed E-state index contributed by atoms with van der Waals surface area (Å²) in [5, 5.41) is 3.19. The second kappa shape index (κ2) is 8.61. The van der Waals surface area contributed by atoms with Crippen LogP contribution in [0, 0.1) is 5.41 Å². The van der Waals surface area contributed by atoms with Gasteiger partial charge in [-0.2, -0.15) is 0 Å². The number of aryl methyl sites for hydroxylation is 1. The standard InChI is InChI=1S/C22H35N3O2/c1-22(2,3)15-21(26)23-16-20(25-10-12-27-13-11-25)18-7-8-19-17(14-18)6-5-9-24(19)4/h7-8,14,20H,5-6,9-13,15-16H2,1-4H3,(H,23,26)/t20-/m0/s1. The van der Waals surface area contributed by atoms with E-state index in [2.05, 4.69) is 61.1 Å². The maximum Gasteiger partial charge on any atom is 0.220 e. The van der Waals surface area contributed by atoms with Gasteiger partial charge in [-0.25, -0.2) is 0 Å². The lowest BCUT2D eigenvalue weighted by atomic mass is 9.92. The monoisotopic (exact) mass is 373 g/mol. The zero-order valence-electron chi connectivity index (χ0n) is 17.4. The fourth-order valence-electron chi connectivity index (χ4n) is 4.11. The van der Waals surface area contributed by atoms with Crippen molar-refractivity contribution in [1.82, 2.24) is 10.2 Å². The summed E-state index contributed by atoms with van der Waals surface area (Å²) in [6.45, 7) is 11.4. The lowest BCUT2D eigenvalue weighted by Gasteiger charge is -2.36. The summed E-state index contributed by atoms with van der Waals surface area (Å²) in [6.07, 6.45) is 2.90. The van der Waals surface area contributed by atoms with E-state index in [0.717, 1.165) is 39.3 Å². The third-order valence-corrected chi connectivity index (χ3v) is 5.51. The van der Waals surface area contributed by atoms with E-state index >= 15 is 0 Å². The molecule has 0 radical (unpaired) electrons. The molecule has 1 fully saturated rings. The Kier molecular flexibility index (Phi) is 6.43. The number of rotatable bonds is 5. The third-order valence-electron chi connectivity index (χ3n) is 5.51. The molecule has 0 aliphatic carbocycles. The molecule has 2 aliphatic heterocycles. The molecule has 2 aliphatic rings. The van der Waals surface area contributed by atoms with Crippen molar-refractivity contribution in [3.05, 3.63) is 29.3 Å². The maximum absolute atomic E-state index is 12.4. The second-order valence-corrected chi connectivity index (χ2v) is 9.12. The van der Waals surface area contributed by atoms with Crippen molar-refractivity contribution in [1.29, 1.82) is 0 Å². The largest absolute Gasteiger partial charge is 0.379 e. The smallest absolute Gasteiger partial charge is 0.220 e. The molecule has 5 heteroatoms. The van der Waals surface area contributed by atoms with E-state index in [1.807, 2.05) is 0 Å². The van der Waals surface area contributed by atoms with Crippen LogP contribution in [0.1, 0.15) is 50.8 Å². The van der Waals surface area contributed by atoms with Crippen LogP contribution in [0.4, 0.5) is 5.69 Å². The molecule has 1 amide bonds. The molecule has 1 saturated heterocycles. The molecule has 1 aromatic carbocycles. The average molecular weight is 374 g/mol. The Morgan fingerprint density at radius 1 is 1.22 bits per heavy atom. The van der Waals surface area contributed by atoms with Gasteiger partial charge in [0.2, 0.25) is 5.91 Å². The second-order valence-electron chi connectivity index (χ2n) is 9.12. The topological polar surface area (TPSA) is 44.8 Å². The van der Waals surface area contributed by atoms with Crippen LogP contribution in [-0.2, 0) is 16.0 Å². The van der Waals surface area contributed by atoms with Crippen LogP contribution in [-0.4, -0.2) is 57.2 Å². The van der Waals surface area contributed by atoms with E-state index in [0.29, 0.717) is 13.0 Å². The maximum atomic E-state index is 12.4. The number of carbonyl (C=O) groups is 1. The van der Waals surface area contributed by atoms with Crippen molar-refractivity contribution in [3.8, 4) is 0 Å². The molecule has 5 nitrogen and oxygen atoms in total. The lowest BCUT2D eigenvalue weighted by molar-refractivity contribution is -0.123. The molecule has 0 unspecified atom stereocenters. The van der Waals surface area contributed by atoms with E-state index < -0.39 is 0 Å². The van der Waals surface area contributed by atoms with Crippen molar-refractivity contribution >= 4 is 11.6 Å². The minimum absolute atomic E-state index is 0.00888. The van der Waals surface area contributed by atoms with Crippen LogP contribution in [0.15, 0.2) is 18.2 Å². The molecule has 3 rings (SSSR count). The molecule has 150 valence electrons. The van der Waals surface area contributed by atoms with E-state index in [-0.39, 0.29) is 17.4 Å². The Hall–Kier alpha value is -1.59. The van der Waals surface area contributed by atoms with Crippen molar-refractivity contribution < 1.29 is 9.53 Å². The van der Waals surface area contributed by atoms with Gasteiger partial charge in [0, 0.05) is 45.3 Å². The molecular formula is C22H35N3O2. The van der Waals surface area contributed by atoms with Crippen LogP contribution in [0.3, 0.4) is 0 Å². The van der Waals surface area contributed by atoms with Crippen LogP contribution in [0.2, 0.25) is 0 Å². The van der Waals surface area contributed by atoms with Gasteiger partial charge in [0.15, 0.2) is 0 Å². The highest BCUT2D eigenvalue weighted by molar-refractivity contribution is 5.76. The average Bonchev–Trinajstić information content (AvgIpc) is 2.61. The molecule has 0 saturated carbocycles. The minimum Gasteiger partial charge on any atom is -0.379 e. The number of amides is 1. The van der Waals surface area contributed by atoms with Crippen LogP contribution >= 0.6 is 0 Å². The van der Waals surface area contributed by atoms with Gasteiger partial charge in [0.25, 0.3) is 0 Å². The van der Waals surface area contributed by atoms with E-state index in [1.54, 1.807) is 0 Å². The number of fused-ring (bicyclic) bond motifs is 1. The molecule has 27 heavy (non-hydrogen) atoms. The number of carbonyl (C=O) groups excluding carboxylic acids is 1. The first-order valence-electron chi connectivity index (χ1n) is 10.3. The summed E-state index contributed by atoms with van der Waals surface area (Å²) >= 11 is 0. The van der Waals surface area contributed by atoms with Crippen molar-refractivity contribution in [2.24, 2.45) is 5.41 Å². The Labute approximate surface area is 164 Å². The molecule has 0 aromatic heterocycles. The SMILES string of the molecule is CN1CCCc2cc([C@H](CNC(=O)CC(C)(C)C)N3CCOCC3)ccc21. The quantitative estimate of drug-likeness (QED) is 0.862. The van der Waals surface area contributed by atoms with Gasteiger partial charge in [-0.15, -0.1) is 0 Å². The van der Waals surface area contributed by atoms with Crippen LogP contribution in [0.5, 0.6) is 0 Å². The summed E-state index contributed by atoms with van der Waals surface area (Å²) in [5.41, 5.74) is 4.10. The molecule has 1 atom stereocenters. The normalized spacial score (nSPS) is 19.5. The van der Waals surface area contributed by atoms with E-state index in [4.69, 9.17) is 4.74 Å². The number of hydrogen-bond donors (Lipinski definition) is 1. The summed E-state index contributed by atoms with van der Waals surface area (Å²) < 4.78 is 5.55. The fraction of sp³-hybridized carbons (Fsp3) is 0.682. The highest BCUT2D eigenvalue weighted by atomic mass is 16.5. The number of anilines is 1. The van der Waals surface area contributed by atoms with E-state index in [9.17, 15) is 4.79 Å². The minimum atomic E-state index is 0.00888. The van der Waals surface area contributed by atoms with Gasteiger partial charge in [0.05, 0.1) is 19.3 Å². The predicted octanol–water partition coefficient (Wildman–Crippen LogP) is 2.99. The summed E-state index contributed by atoms with van der Waals surface area (Å²) in [5.74, 6) is 0.137. The lowest BCUT2D eigenvalue weighted by Crippen LogP contribution is -2.44. The summed E-state index contributed by atoms with van der Waals surface area (Å²) in [4.78, 5) is 17.2. The highest BCUT2D eigenvalue weighted by Gasteiger charge is 2.25. The van der Waals surface area contributed by atoms with Crippen LogP contribution in [0.25, 0.3) is 0 Å². The Morgan fingerprint density at radius 3 is 2.67 bits per heavy atom. The number of morpholine rings is 1. The first-order valence-corrected chi connectivity index (χ1v) is 10.3. The van der Waals surface area contributed by atoms with Crippen molar-refractivity contribution in [3.63, 3.8) is 0 Å². The highest BCUT2D eigenvalue weighted by Crippen LogP contribution is 2.31. The van der Waals surface area contributed by atoms with E-state index in [1.165, 1.54) is 23.2 Å². The van der Waals surface area contributed by atoms with Gasteiger partial charge in [-0.3, -0.25) is 9.69 Å². The first-order chi connectivity index (χ1) is 12.8. The number of hydrogen-bond acceptors (Lipinski definition) is 4. The molecular weight excluding hydrogens is 338 g/mol. The zero-order chi connectivity index (χ0) is 19.4. The number of nitrogens with zero attached hydrogens (tertiary/aromatic N) is 2. The van der Waals surface area contributed by atoms with Crippen molar-refractivity contribution in [2.45, 2.75) is 46.1 Å². The molecule has 0 bridgehead atoms. The zero-order valence-corrected chi connectivity index (χ0v) is 17.4. The molecule has 2 heterocycles. The van der Waals surface area contributed by atoms with Crippen molar-refractivity contribution in [2.75, 3.05) is 51.3 Å². The predicted molar refractivity (Wildman–Crippen MR) is 110 cm³/mol. The molecule has 1 N–H and O–H groups in total.